The molecule has 0 aliphatic rings. The van der Waals surface area contributed by atoms with E-state index in [-0.39, 0.29) is 11.5 Å². The van der Waals surface area contributed by atoms with E-state index in [1.807, 2.05) is 0 Å². The average molecular weight is 158 g/mol. The van der Waals surface area contributed by atoms with Crippen molar-refractivity contribution < 1.29 is 14.9 Å². The molecule has 3 nitrogen and oxygen atoms in total. The molecule has 3 heteroatoms. The fraction of sp³-hybridized carbons (Fsp3) is 0.500. The van der Waals surface area contributed by atoms with E-state index < -0.39 is 0 Å². The summed E-state index contributed by atoms with van der Waals surface area (Å²) in [4.78, 5) is 0. The molecule has 0 aromatic rings. The SMILES string of the molecule is CC(O)=CCOCC=C(C)O. The van der Waals surface area contributed by atoms with Crippen LogP contribution in [0.5, 0.6) is 0 Å². The summed E-state index contributed by atoms with van der Waals surface area (Å²) in [6.07, 6.45) is 3.11. The van der Waals surface area contributed by atoms with E-state index >= 15 is 0 Å². The summed E-state index contributed by atoms with van der Waals surface area (Å²) in [5, 5.41) is 17.4. The van der Waals surface area contributed by atoms with Gasteiger partial charge in [0.15, 0.2) is 0 Å². The minimum atomic E-state index is 0.245. The molecule has 0 saturated heterocycles. The highest BCUT2D eigenvalue weighted by Crippen LogP contribution is 1.87. The highest BCUT2D eigenvalue weighted by Gasteiger charge is 1.83. The molecule has 64 valence electrons. The van der Waals surface area contributed by atoms with E-state index in [0.29, 0.717) is 13.2 Å². The molecule has 0 unspecified atom stereocenters. The molecule has 2 N–H and O–H groups in total. The van der Waals surface area contributed by atoms with Gasteiger partial charge in [0.1, 0.15) is 0 Å². The monoisotopic (exact) mass is 158 g/mol. The summed E-state index contributed by atoms with van der Waals surface area (Å²) < 4.78 is 4.98. The Morgan fingerprint density at radius 2 is 1.45 bits per heavy atom. The number of allylic oxidation sites excluding steroid dienone is 2. The molecule has 0 spiro atoms. The molecule has 0 bridgehead atoms. The Labute approximate surface area is 66.6 Å². The Hall–Kier alpha value is -0.960. The first-order valence-electron chi connectivity index (χ1n) is 3.42. The molecule has 0 aromatic heterocycles. The van der Waals surface area contributed by atoms with Crippen LogP contribution in [0.25, 0.3) is 0 Å². The van der Waals surface area contributed by atoms with Crippen molar-refractivity contribution in [2.75, 3.05) is 13.2 Å². The smallest absolute Gasteiger partial charge is 0.0874 e. The van der Waals surface area contributed by atoms with Gasteiger partial charge in [-0.1, -0.05) is 0 Å². The van der Waals surface area contributed by atoms with Gasteiger partial charge in [-0.05, 0) is 26.0 Å². The lowest BCUT2D eigenvalue weighted by atomic mass is 10.5. The second-order valence-electron chi connectivity index (χ2n) is 2.23. The van der Waals surface area contributed by atoms with Crippen LogP contribution in [0.4, 0.5) is 0 Å². The molecule has 0 amide bonds. The van der Waals surface area contributed by atoms with Crippen molar-refractivity contribution in [3.05, 3.63) is 23.7 Å². The first kappa shape index (κ1) is 10.0. The van der Waals surface area contributed by atoms with Gasteiger partial charge in [0.25, 0.3) is 0 Å². The highest BCUT2D eigenvalue weighted by atomic mass is 16.5. The van der Waals surface area contributed by atoms with Crippen LogP contribution in [0.2, 0.25) is 0 Å². The van der Waals surface area contributed by atoms with Crippen LogP contribution in [0.1, 0.15) is 13.8 Å². The zero-order chi connectivity index (χ0) is 8.69. The number of aliphatic hydroxyl groups is 2. The summed E-state index contributed by atoms with van der Waals surface area (Å²) in [5.41, 5.74) is 0. The van der Waals surface area contributed by atoms with Crippen LogP contribution in [0.3, 0.4) is 0 Å². The van der Waals surface area contributed by atoms with Crippen molar-refractivity contribution in [1.82, 2.24) is 0 Å². The normalized spacial score (nSPS) is 13.6. The average Bonchev–Trinajstić information content (AvgIpc) is 1.85. The van der Waals surface area contributed by atoms with Crippen LogP contribution in [-0.2, 0) is 4.74 Å². The van der Waals surface area contributed by atoms with Crippen LogP contribution in [-0.4, -0.2) is 23.4 Å². The van der Waals surface area contributed by atoms with Crippen LogP contribution >= 0.6 is 0 Å². The summed E-state index contributed by atoms with van der Waals surface area (Å²) in [6, 6.07) is 0. The second kappa shape index (κ2) is 5.80. The number of ether oxygens (including phenoxy) is 1. The third-order valence-corrected chi connectivity index (χ3v) is 0.993. The van der Waals surface area contributed by atoms with Crippen molar-refractivity contribution in [3.8, 4) is 0 Å². The minimum absolute atomic E-state index is 0.245. The van der Waals surface area contributed by atoms with Gasteiger partial charge >= 0.3 is 0 Å². The van der Waals surface area contributed by atoms with E-state index in [4.69, 9.17) is 14.9 Å². The number of rotatable bonds is 4. The summed E-state index contributed by atoms with van der Waals surface area (Å²) in [7, 11) is 0. The van der Waals surface area contributed by atoms with Gasteiger partial charge in [-0.2, -0.15) is 0 Å². The molecule has 0 atom stereocenters. The first-order chi connectivity index (χ1) is 5.13. The Morgan fingerprint density at radius 3 is 1.73 bits per heavy atom. The van der Waals surface area contributed by atoms with E-state index in [0.717, 1.165) is 0 Å². The van der Waals surface area contributed by atoms with E-state index in [2.05, 4.69) is 0 Å². The minimum Gasteiger partial charge on any atom is -0.513 e. The molecule has 0 aromatic carbocycles. The first-order valence-corrected chi connectivity index (χ1v) is 3.42. The topological polar surface area (TPSA) is 49.7 Å². The molecule has 0 saturated carbocycles. The van der Waals surface area contributed by atoms with Gasteiger partial charge in [0, 0.05) is 0 Å². The lowest BCUT2D eigenvalue weighted by molar-refractivity contribution is 0.188. The fourth-order valence-corrected chi connectivity index (χ4v) is 0.427. The largest absolute Gasteiger partial charge is 0.513 e. The standard InChI is InChI=1S/C8H14O3/c1-7(9)3-5-11-6-4-8(2)10/h3-4,9-10H,5-6H2,1-2H3. The summed E-state index contributed by atoms with van der Waals surface area (Å²) in [5.74, 6) is 0.490. The van der Waals surface area contributed by atoms with Crippen LogP contribution in [0.15, 0.2) is 23.7 Å². The summed E-state index contributed by atoms with van der Waals surface area (Å²) in [6.45, 7) is 3.89. The number of aliphatic hydroxyl groups excluding tert-OH is 2. The maximum atomic E-state index is 8.68. The number of hydrogen-bond donors (Lipinski definition) is 2. The summed E-state index contributed by atoms with van der Waals surface area (Å²) >= 11 is 0. The van der Waals surface area contributed by atoms with E-state index in [1.165, 1.54) is 0 Å². The van der Waals surface area contributed by atoms with Crippen molar-refractivity contribution in [1.29, 1.82) is 0 Å². The van der Waals surface area contributed by atoms with Crippen LogP contribution < -0.4 is 0 Å². The quantitative estimate of drug-likeness (QED) is 0.485. The van der Waals surface area contributed by atoms with Gasteiger partial charge in [0.2, 0.25) is 0 Å². The molecule has 0 rings (SSSR count). The second-order valence-corrected chi connectivity index (χ2v) is 2.23. The highest BCUT2D eigenvalue weighted by molar-refractivity contribution is 4.88. The lowest BCUT2D eigenvalue weighted by Gasteiger charge is -1.95. The van der Waals surface area contributed by atoms with Crippen molar-refractivity contribution in [2.45, 2.75) is 13.8 Å². The third kappa shape index (κ3) is 9.04. The van der Waals surface area contributed by atoms with Gasteiger partial charge in [-0.15, -0.1) is 0 Å². The van der Waals surface area contributed by atoms with Gasteiger partial charge in [-0.3, -0.25) is 0 Å². The van der Waals surface area contributed by atoms with Crippen LogP contribution in [0, 0.1) is 0 Å². The maximum Gasteiger partial charge on any atom is 0.0874 e. The Morgan fingerprint density at radius 1 is 1.09 bits per heavy atom. The van der Waals surface area contributed by atoms with Crippen molar-refractivity contribution in [2.24, 2.45) is 0 Å². The van der Waals surface area contributed by atoms with Gasteiger partial charge < -0.3 is 14.9 Å². The molecule has 0 aliphatic heterocycles. The molecule has 0 aliphatic carbocycles. The zero-order valence-electron chi connectivity index (χ0n) is 6.87. The number of hydrogen-bond acceptors (Lipinski definition) is 3. The fourth-order valence-electron chi connectivity index (χ4n) is 0.427. The third-order valence-electron chi connectivity index (χ3n) is 0.993. The molecule has 0 heterocycles. The molecular formula is C8H14O3. The molecule has 0 radical (unpaired) electrons. The van der Waals surface area contributed by atoms with Gasteiger partial charge in [-0.25, -0.2) is 0 Å². The van der Waals surface area contributed by atoms with Gasteiger partial charge in [0.05, 0.1) is 24.7 Å². The molecular weight excluding hydrogens is 144 g/mol. The Bertz CT molecular complexity index is 133. The van der Waals surface area contributed by atoms with E-state index in [1.54, 1.807) is 26.0 Å². The zero-order valence-corrected chi connectivity index (χ0v) is 6.87. The lowest BCUT2D eigenvalue weighted by Crippen LogP contribution is -1.92. The molecule has 0 fully saturated rings. The van der Waals surface area contributed by atoms with Crippen molar-refractivity contribution >= 4 is 0 Å². The van der Waals surface area contributed by atoms with E-state index in [9.17, 15) is 0 Å². The van der Waals surface area contributed by atoms with Crippen molar-refractivity contribution in [3.63, 3.8) is 0 Å². The molecule has 11 heavy (non-hydrogen) atoms. The Balaban J connectivity index is 3.29. The predicted molar refractivity (Wildman–Crippen MR) is 43.6 cm³/mol. The predicted octanol–water partition coefficient (Wildman–Crippen LogP) is 1.93. The maximum absolute atomic E-state index is 8.68. The Kier molecular flexibility index (Phi) is 5.29.